The van der Waals surface area contributed by atoms with Crippen LogP contribution < -0.4 is 0 Å². The predicted molar refractivity (Wildman–Crippen MR) is 125 cm³/mol. The lowest BCUT2D eigenvalue weighted by atomic mass is 9.55. The lowest BCUT2D eigenvalue weighted by molar-refractivity contribution is 0.111. The van der Waals surface area contributed by atoms with E-state index in [1.165, 1.54) is 0 Å². The lowest BCUT2D eigenvalue weighted by Gasteiger charge is -2.46. The van der Waals surface area contributed by atoms with Crippen LogP contribution >= 0.6 is 11.6 Å². The highest BCUT2D eigenvalue weighted by molar-refractivity contribution is 6.31. The molecule has 5 nitrogen and oxygen atoms in total. The van der Waals surface area contributed by atoms with Crippen molar-refractivity contribution in [2.75, 3.05) is 0 Å². The van der Waals surface area contributed by atoms with Crippen LogP contribution in [-0.2, 0) is 13.0 Å². The van der Waals surface area contributed by atoms with Gasteiger partial charge in [-0.05, 0) is 34.2 Å². The molecular weight excluding hydrogens is 432 g/mol. The minimum absolute atomic E-state index is 0.0989. The van der Waals surface area contributed by atoms with E-state index in [2.05, 4.69) is 54.4 Å². The lowest BCUT2D eigenvalue weighted by Crippen LogP contribution is -2.38. The van der Waals surface area contributed by atoms with Gasteiger partial charge in [0.15, 0.2) is 11.4 Å². The number of carbonyl (C=O) groups excluding carboxylic acids is 1. The van der Waals surface area contributed by atoms with Crippen molar-refractivity contribution >= 4 is 17.9 Å². The summed E-state index contributed by atoms with van der Waals surface area (Å²) >= 11 is 6.26. The molecule has 33 heavy (non-hydrogen) atoms. The molecule has 3 aliphatic rings. The summed E-state index contributed by atoms with van der Waals surface area (Å²) < 4.78 is 1.90. The molecule has 164 valence electrons. The average Bonchev–Trinajstić information content (AvgIpc) is 3.15. The third-order valence-electron chi connectivity index (χ3n) is 7.14. The number of imidazole rings is 1. The van der Waals surface area contributed by atoms with Gasteiger partial charge >= 0.3 is 0 Å². The Labute approximate surface area is 198 Å². The Bertz CT molecular complexity index is 1330. The van der Waals surface area contributed by atoms with Crippen molar-refractivity contribution in [1.29, 1.82) is 10.5 Å². The fourth-order valence-corrected chi connectivity index (χ4v) is 5.91. The number of aryl methyl sites for hydroxylation is 1. The highest BCUT2D eigenvalue weighted by Gasteiger charge is 2.50. The minimum Gasteiger partial charge on any atom is -0.320 e. The molecule has 3 aliphatic carbocycles. The van der Waals surface area contributed by atoms with E-state index in [-0.39, 0.29) is 28.8 Å². The van der Waals surface area contributed by atoms with Gasteiger partial charge in [-0.2, -0.15) is 10.5 Å². The van der Waals surface area contributed by atoms with Crippen molar-refractivity contribution in [2.24, 2.45) is 11.8 Å². The highest BCUT2D eigenvalue weighted by Crippen LogP contribution is 2.58. The monoisotopic (exact) mass is 454 g/mol. The first-order valence-electron chi connectivity index (χ1n) is 11.3. The fraction of sp³-hybridized carbons (Fsp3) is 0.333. The van der Waals surface area contributed by atoms with Crippen molar-refractivity contribution in [3.63, 3.8) is 0 Å². The summed E-state index contributed by atoms with van der Waals surface area (Å²) in [5.74, 6) is -0.160. The van der Waals surface area contributed by atoms with Gasteiger partial charge in [0.25, 0.3) is 0 Å². The van der Waals surface area contributed by atoms with E-state index in [0.29, 0.717) is 12.2 Å². The smallest absolute Gasteiger partial charge is 0.169 e. The number of unbranched alkanes of at least 4 members (excludes halogenated alkanes) is 1. The van der Waals surface area contributed by atoms with Crippen LogP contribution in [0.2, 0.25) is 5.15 Å². The number of hydrogen-bond acceptors (Lipinski definition) is 4. The minimum atomic E-state index is -0.383. The number of rotatable bonds is 6. The van der Waals surface area contributed by atoms with E-state index < -0.39 is 0 Å². The summed E-state index contributed by atoms with van der Waals surface area (Å²) in [6, 6.07) is 19.4. The summed E-state index contributed by atoms with van der Waals surface area (Å²) in [6.07, 6.45) is 3.52. The number of aldehydes is 1. The fourth-order valence-electron chi connectivity index (χ4n) is 5.66. The van der Waals surface area contributed by atoms with Crippen molar-refractivity contribution in [2.45, 2.75) is 44.6 Å². The Morgan fingerprint density at radius 1 is 1.03 bits per heavy atom. The van der Waals surface area contributed by atoms with Gasteiger partial charge < -0.3 is 4.57 Å². The second kappa shape index (κ2) is 8.50. The number of nitrogens with zero attached hydrogens (tertiary/aromatic N) is 4. The summed E-state index contributed by atoms with van der Waals surface area (Å²) in [7, 11) is 0. The summed E-state index contributed by atoms with van der Waals surface area (Å²) in [4.78, 5) is 16.2. The first-order chi connectivity index (χ1) is 16.1. The molecule has 6 heteroatoms. The van der Waals surface area contributed by atoms with Crippen LogP contribution in [0.5, 0.6) is 0 Å². The van der Waals surface area contributed by atoms with Crippen LogP contribution in [0.25, 0.3) is 0 Å². The van der Waals surface area contributed by atoms with Crippen molar-refractivity contribution in [3.05, 3.63) is 87.0 Å². The molecule has 2 unspecified atom stereocenters. The maximum absolute atomic E-state index is 11.7. The summed E-state index contributed by atoms with van der Waals surface area (Å²) in [5.41, 5.74) is 5.97. The number of benzene rings is 2. The first kappa shape index (κ1) is 21.4. The molecule has 3 aromatic rings. The molecule has 0 spiro atoms. The van der Waals surface area contributed by atoms with Crippen molar-refractivity contribution < 1.29 is 4.79 Å². The van der Waals surface area contributed by atoms with Crippen LogP contribution in [-0.4, -0.2) is 15.8 Å². The van der Waals surface area contributed by atoms with Gasteiger partial charge in [-0.1, -0.05) is 67.4 Å². The molecule has 0 amide bonds. The Morgan fingerprint density at radius 2 is 1.67 bits per heavy atom. The van der Waals surface area contributed by atoms with Crippen LogP contribution in [0.3, 0.4) is 0 Å². The molecule has 0 fully saturated rings. The molecule has 0 N–H and O–H groups in total. The largest absolute Gasteiger partial charge is 0.320 e. The number of carbonyl (C=O) groups is 1. The average molecular weight is 455 g/mol. The molecule has 0 radical (unpaired) electrons. The topological polar surface area (TPSA) is 82.5 Å². The Kier molecular flexibility index (Phi) is 5.52. The molecule has 2 aromatic carbocycles. The quantitative estimate of drug-likeness (QED) is 0.453. The van der Waals surface area contributed by atoms with Gasteiger partial charge in [0.05, 0.1) is 24.0 Å². The van der Waals surface area contributed by atoms with E-state index in [9.17, 15) is 15.3 Å². The molecule has 0 saturated heterocycles. The highest BCUT2D eigenvalue weighted by atomic mass is 35.5. The van der Waals surface area contributed by atoms with E-state index in [1.807, 2.05) is 16.7 Å². The molecule has 4 atom stereocenters. The van der Waals surface area contributed by atoms with E-state index in [0.717, 1.165) is 59.2 Å². The van der Waals surface area contributed by atoms with Gasteiger partial charge in [0.1, 0.15) is 11.5 Å². The number of aromatic nitrogens is 2. The third-order valence-corrected chi connectivity index (χ3v) is 7.42. The molecule has 6 rings (SSSR count). The molecule has 0 aliphatic heterocycles. The van der Waals surface area contributed by atoms with Gasteiger partial charge in [0, 0.05) is 24.8 Å². The SMILES string of the molecule is CCCCc1nc(Cl)c(C=O)n1Cc1ccc2c(c1)[C@H]1c3ccccc3[C@H]2C(C#N)C1C#N. The maximum Gasteiger partial charge on any atom is 0.169 e. The number of nitriles is 2. The summed E-state index contributed by atoms with van der Waals surface area (Å²) in [5, 5.41) is 20.2. The Hall–Kier alpha value is -3.41. The van der Waals surface area contributed by atoms with Gasteiger partial charge in [-0.25, -0.2) is 4.98 Å². The van der Waals surface area contributed by atoms with Gasteiger partial charge in [-0.15, -0.1) is 0 Å². The molecule has 1 heterocycles. The molecule has 2 bridgehead atoms. The second-order valence-electron chi connectivity index (χ2n) is 8.87. The number of halogens is 1. The Morgan fingerprint density at radius 3 is 2.27 bits per heavy atom. The number of hydrogen-bond donors (Lipinski definition) is 0. The van der Waals surface area contributed by atoms with Gasteiger partial charge in [-0.3, -0.25) is 4.79 Å². The third kappa shape index (κ3) is 3.27. The van der Waals surface area contributed by atoms with Crippen molar-refractivity contribution in [3.8, 4) is 12.1 Å². The zero-order valence-corrected chi connectivity index (χ0v) is 19.1. The standard InChI is InChI=1S/C27H23ClN4O/c1-2-3-8-24-31-27(28)23(15-33)32(24)14-16-9-10-19-20(11-16)26-18-7-5-4-6-17(18)25(19)21(12-29)22(26)13-30/h4-7,9-11,15,21-22,25-26H,2-3,8,14H2,1H3/t21?,22?,25-,26-/m1/s1. The van der Waals surface area contributed by atoms with E-state index >= 15 is 0 Å². The van der Waals surface area contributed by atoms with E-state index in [4.69, 9.17) is 11.6 Å². The molecular formula is C27H23ClN4O. The summed E-state index contributed by atoms with van der Waals surface area (Å²) in [6.45, 7) is 2.60. The van der Waals surface area contributed by atoms with Crippen LogP contribution in [0.4, 0.5) is 0 Å². The predicted octanol–water partition coefficient (Wildman–Crippen LogP) is 5.61. The zero-order valence-electron chi connectivity index (χ0n) is 18.3. The molecule has 1 aromatic heterocycles. The first-order valence-corrected chi connectivity index (χ1v) is 11.7. The maximum atomic E-state index is 11.7. The van der Waals surface area contributed by atoms with E-state index in [1.54, 1.807) is 0 Å². The normalized spacial score (nSPS) is 22.2. The Balaban J connectivity index is 1.60. The van der Waals surface area contributed by atoms with Crippen LogP contribution in [0, 0.1) is 34.5 Å². The van der Waals surface area contributed by atoms with Crippen LogP contribution in [0.1, 0.15) is 75.7 Å². The number of fused-ring (bicyclic) bond motifs is 1. The second-order valence-corrected chi connectivity index (χ2v) is 9.23. The van der Waals surface area contributed by atoms with Crippen LogP contribution in [0.15, 0.2) is 42.5 Å². The molecule has 0 saturated carbocycles. The zero-order chi connectivity index (χ0) is 23.1. The van der Waals surface area contributed by atoms with Gasteiger partial charge in [0.2, 0.25) is 0 Å². The van der Waals surface area contributed by atoms with Crippen molar-refractivity contribution in [1.82, 2.24) is 9.55 Å².